The Balaban J connectivity index is 1.72. The molecular weight excluding hydrogens is 476 g/mol. The Labute approximate surface area is 201 Å². The number of amides is 2. The van der Waals surface area contributed by atoms with Crippen molar-refractivity contribution in [2.45, 2.75) is 24.5 Å². The SMILES string of the molecule is Cc1ccc(-c2ccc(C3(CC(=O)NO)CCN(C(=O)c4cnccn4)CCS3(=O)=O)s2)cc1. The molecule has 1 fully saturated rings. The number of rotatable bonds is 5. The third kappa shape index (κ3) is 4.59. The second-order valence-corrected chi connectivity index (χ2v) is 11.7. The predicted octanol–water partition coefficient (Wildman–Crippen LogP) is 2.57. The fraction of sp³-hybridized carbons (Fsp3) is 0.304. The van der Waals surface area contributed by atoms with E-state index in [0.29, 0.717) is 4.88 Å². The zero-order valence-corrected chi connectivity index (χ0v) is 20.1. The van der Waals surface area contributed by atoms with Crippen LogP contribution in [0.3, 0.4) is 0 Å². The number of nitrogens with one attached hydrogen (secondary N) is 1. The Morgan fingerprint density at radius 1 is 1.15 bits per heavy atom. The van der Waals surface area contributed by atoms with E-state index in [4.69, 9.17) is 0 Å². The molecule has 1 saturated heterocycles. The van der Waals surface area contributed by atoms with E-state index < -0.39 is 32.8 Å². The topological polar surface area (TPSA) is 130 Å². The maximum atomic E-state index is 13.6. The summed E-state index contributed by atoms with van der Waals surface area (Å²) in [6, 6.07) is 11.4. The van der Waals surface area contributed by atoms with Gasteiger partial charge in [-0.3, -0.25) is 19.8 Å². The number of sulfone groups is 1. The number of carbonyl (C=O) groups is 2. The van der Waals surface area contributed by atoms with Crippen molar-refractivity contribution in [3.05, 3.63) is 71.1 Å². The number of aryl methyl sites for hydroxylation is 1. The van der Waals surface area contributed by atoms with Crippen molar-refractivity contribution in [1.82, 2.24) is 20.3 Å². The van der Waals surface area contributed by atoms with Gasteiger partial charge in [0.25, 0.3) is 5.91 Å². The van der Waals surface area contributed by atoms with Gasteiger partial charge in [-0.05, 0) is 31.0 Å². The molecule has 0 aliphatic carbocycles. The number of benzene rings is 1. The van der Waals surface area contributed by atoms with Gasteiger partial charge in [-0.15, -0.1) is 11.3 Å². The van der Waals surface area contributed by atoms with E-state index in [9.17, 15) is 23.2 Å². The molecule has 2 amide bonds. The third-order valence-electron chi connectivity index (χ3n) is 6.04. The van der Waals surface area contributed by atoms with Gasteiger partial charge in [0.15, 0.2) is 9.84 Å². The highest BCUT2D eigenvalue weighted by Crippen LogP contribution is 2.45. The van der Waals surface area contributed by atoms with Crippen LogP contribution in [0.4, 0.5) is 0 Å². The van der Waals surface area contributed by atoms with E-state index in [2.05, 4.69) is 9.97 Å². The number of hydrogen-bond donors (Lipinski definition) is 2. The molecule has 1 unspecified atom stereocenters. The summed E-state index contributed by atoms with van der Waals surface area (Å²) in [5.74, 6) is -1.55. The maximum absolute atomic E-state index is 13.6. The van der Waals surface area contributed by atoms with Gasteiger partial charge in [0.2, 0.25) is 5.91 Å². The molecule has 11 heteroatoms. The first-order valence-corrected chi connectivity index (χ1v) is 13.1. The molecule has 0 bridgehead atoms. The first-order chi connectivity index (χ1) is 16.3. The third-order valence-corrected chi connectivity index (χ3v) is 9.99. The monoisotopic (exact) mass is 500 g/mol. The van der Waals surface area contributed by atoms with E-state index in [-0.39, 0.29) is 31.0 Å². The van der Waals surface area contributed by atoms with Gasteiger partial charge in [0.05, 0.1) is 18.4 Å². The molecule has 34 heavy (non-hydrogen) atoms. The van der Waals surface area contributed by atoms with E-state index >= 15 is 0 Å². The fourth-order valence-electron chi connectivity index (χ4n) is 4.10. The Morgan fingerprint density at radius 3 is 2.59 bits per heavy atom. The molecule has 0 saturated carbocycles. The van der Waals surface area contributed by atoms with Gasteiger partial charge in [0.1, 0.15) is 10.4 Å². The summed E-state index contributed by atoms with van der Waals surface area (Å²) in [4.78, 5) is 35.9. The minimum absolute atomic E-state index is 0.00259. The molecule has 4 rings (SSSR count). The summed E-state index contributed by atoms with van der Waals surface area (Å²) in [6.07, 6.45) is 3.73. The average molecular weight is 501 g/mol. The zero-order chi connectivity index (χ0) is 24.3. The van der Waals surface area contributed by atoms with Crippen LogP contribution in [-0.4, -0.2) is 59.1 Å². The number of hydroxylamine groups is 1. The van der Waals surface area contributed by atoms with Crippen molar-refractivity contribution in [2.75, 3.05) is 18.8 Å². The molecule has 0 radical (unpaired) electrons. The minimum Gasteiger partial charge on any atom is -0.336 e. The molecule has 178 valence electrons. The van der Waals surface area contributed by atoms with E-state index in [1.54, 1.807) is 11.5 Å². The van der Waals surface area contributed by atoms with Crippen LogP contribution < -0.4 is 5.48 Å². The van der Waals surface area contributed by atoms with Gasteiger partial charge < -0.3 is 4.90 Å². The lowest BCUT2D eigenvalue weighted by Crippen LogP contribution is -2.41. The quantitative estimate of drug-likeness (QED) is 0.407. The summed E-state index contributed by atoms with van der Waals surface area (Å²) < 4.78 is 25.7. The molecule has 0 spiro atoms. The normalized spacial score (nSPS) is 19.9. The Bertz CT molecular complexity index is 1290. The van der Waals surface area contributed by atoms with Crippen molar-refractivity contribution < 1.29 is 23.2 Å². The van der Waals surface area contributed by atoms with Crippen molar-refractivity contribution in [2.24, 2.45) is 0 Å². The average Bonchev–Trinajstić information content (AvgIpc) is 3.29. The van der Waals surface area contributed by atoms with E-state index in [0.717, 1.165) is 16.0 Å². The van der Waals surface area contributed by atoms with Crippen LogP contribution >= 0.6 is 11.3 Å². The van der Waals surface area contributed by atoms with Crippen molar-refractivity contribution in [3.63, 3.8) is 0 Å². The summed E-state index contributed by atoms with van der Waals surface area (Å²) >= 11 is 1.30. The second kappa shape index (κ2) is 9.61. The van der Waals surface area contributed by atoms with Crippen LogP contribution in [0.1, 0.15) is 33.8 Å². The van der Waals surface area contributed by atoms with Gasteiger partial charge in [-0.2, -0.15) is 0 Å². The maximum Gasteiger partial charge on any atom is 0.274 e. The summed E-state index contributed by atoms with van der Waals surface area (Å²) in [7, 11) is -3.90. The van der Waals surface area contributed by atoms with Crippen molar-refractivity contribution in [3.8, 4) is 10.4 Å². The van der Waals surface area contributed by atoms with Crippen molar-refractivity contribution >= 4 is 33.0 Å². The lowest BCUT2D eigenvalue weighted by atomic mass is 9.97. The molecule has 2 N–H and O–H groups in total. The first-order valence-electron chi connectivity index (χ1n) is 10.6. The van der Waals surface area contributed by atoms with Crippen LogP contribution in [0.5, 0.6) is 0 Å². The summed E-state index contributed by atoms with van der Waals surface area (Å²) in [5.41, 5.74) is 3.74. The Morgan fingerprint density at radius 2 is 1.91 bits per heavy atom. The molecule has 9 nitrogen and oxygen atoms in total. The number of carbonyl (C=O) groups excluding carboxylic acids is 2. The molecule has 1 atom stereocenters. The summed E-state index contributed by atoms with van der Waals surface area (Å²) in [5, 5.41) is 9.19. The van der Waals surface area contributed by atoms with E-state index in [1.165, 1.54) is 34.8 Å². The second-order valence-electron chi connectivity index (χ2n) is 8.19. The molecule has 2 aromatic heterocycles. The number of aromatic nitrogens is 2. The van der Waals surface area contributed by atoms with Crippen LogP contribution in [0.15, 0.2) is 55.0 Å². The Hall–Kier alpha value is -3.15. The molecule has 1 aliphatic heterocycles. The molecule has 1 aliphatic rings. The molecule has 3 aromatic rings. The highest BCUT2D eigenvalue weighted by atomic mass is 32.2. The van der Waals surface area contributed by atoms with Gasteiger partial charge in [-0.1, -0.05) is 29.8 Å². The Kier molecular flexibility index (Phi) is 6.78. The lowest BCUT2D eigenvalue weighted by Gasteiger charge is -2.30. The van der Waals surface area contributed by atoms with Gasteiger partial charge >= 0.3 is 0 Å². The summed E-state index contributed by atoms with van der Waals surface area (Å²) in [6.45, 7) is 2.06. The molecular formula is C23H24N4O5S2. The largest absolute Gasteiger partial charge is 0.336 e. The molecule has 3 heterocycles. The fourth-order valence-corrected chi connectivity index (χ4v) is 7.71. The van der Waals surface area contributed by atoms with Crippen LogP contribution in [-0.2, 0) is 19.4 Å². The highest BCUT2D eigenvalue weighted by molar-refractivity contribution is 7.92. The minimum atomic E-state index is -3.90. The molecule has 1 aromatic carbocycles. The van der Waals surface area contributed by atoms with Gasteiger partial charge in [0, 0.05) is 35.2 Å². The lowest BCUT2D eigenvalue weighted by molar-refractivity contribution is -0.129. The first kappa shape index (κ1) is 24.0. The van der Waals surface area contributed by atoms with E-state index in [1.807, 2.05) is 37.3 Å². The van der Waals surface area contributed by atoms with Crippen LogP contribution in [0.2, 0.25) is 0 Å². The van der Waals surface area contributed by atoms with Crippen LogP contribution in [0, 0.1) is 6.92 Å². The van der Waals surface area contributed by atoms with Gasteiger partial charge in [-0.25, -0.2) is 18.9 Å². The number of thiophene rings is 1. The smallest absolute Gasteiger partial charge is 0.274 e. The number of hydrogen-bond acceptors (Lipinski definition) is 8. The van der Waals surface area contributed by atoms with Crippen LogP contribution in [0.25, 0.3) is 10.4 Å². The zero-order valence-electron chi connectivity index (χ0n) is 18.5. The number of nitrogens with zero attached hydrogens (tertiary/aromatic N) is 3. The standard InChI is InChI=1S/C23H24N4O5S2/c1-16-2-4-17(5-3-16)19-6-7-20(33-19)23(14-21(28)26-30)8-11-27(12-13-34(23,31)32)22(29)18-15-24-9-10-25-18/h2-7,9-10,15,30H,8,11-14H2,1H3,(H,26,28). The highest BCUT2D eigenvalue weighted by Gasteiger charge is 2.50. The van der Waals surface area contributed by atoms with Crippen molar-refractivity contribution in [1.29, 1.82) is 0 Å². The predicted molar refractivity (Wildman–Crippen MR) is 127 cm³/mol.